The number of nitrogens with zero attached hydrogens (tertiary/aromatic N) is 6. The number of hydrogen-bond acceptors (Lipinski definition) is 6. The molecule has 1 fully saturated rings. The molecule has 27 heavy (non-hydrogen) atoms. The lowest BCUT2D eigenvalue weighted by Crippen LogP contribution is -2.41. The standard InChI is InChI=1S/C18H17ClN6O2/c1-18(6-3-7-27-18)14-9-25(22-21-14)15-16-23(2)17(26)12-8-11(19)4-5-13(12)24(16)10-20-15/h4-5,8-10H,3,6-7H2,1-2H3/q+1. The first-order valence-electron chi connectivity index (χ1n) is 8.70. The Hall–Kier alpha value is -2.55. The third-order valence-electron chi connectivity index (χ3n) is 5.27. The van der Waals surface area contributed by atoms with Crippen LogP contribution in [0.2, 0.25) is 5.02 Å². The Morgan fingerprint density at radius 2 is 2.22 bits per heavy atom. The highest BCUT2D eigenvalue weighted by Gasteiger charge is 2.47. The second-order valence-electron chi connectivity index (χ2n) is 7.02. The highest BCUT2D eigenvalue weighted by molar-refractivity contribution is 6.31. The quantitative estimate of drug-likeness (QED) is 0.745. The zero-order valence-corrected chi connectivity index (χ0v) is 15.6. The first kappa shape index (κ1) is 16.6. The van der Waals surface area contributed by atoms with E-state index in [1.807, 2.05) is 24.1 Å². The third-order valence-corrected chi connectivity index (χ3v) is 5.50. The van der Waals surface area contributed by atoms with E-state index in [-0.39, 0.29) is 5.91 Å². The van der Waals surface area contributed by atoms with Crippen LogP contribution in [-0.4, -0.2) is 45.8 Å². The number of halogens is 1. The molecule has 1 saturated heterocycles. The molecule has 8 nitrogen and oxygen atoms in total. The van der Waals surface area contributed by atoms with E-state index < -0.39 is 5.60 Å². The van der Waals surface area contributed by atoms with Crippen molar-refractivity contribution in [2.24, 2.45) is 4.99 Å². The molecule has 0 bridgehead atoms. The minimum atomic E-state index is -0.427. The SMILES string of the molecule is CN1C(=O)c2cc(Cl)ccc2[N+]2C=NC(n3cc(C4(C)CCCO4)nn3)=C12. The molecule has 0 saturated carbocycles. The number of aromatic nitrogens is 3. The predicted molar refractivity (Wildman–Crippen MR) is 99.6 cm³/mol. The van der Waals surface area contributed by atoms with Gasteiger partial charge < -0.3 is 4.74 Å². The van der Waals surface area contributed by atoms with Crippen molar-refractivity contribution in [2.75, 3.05) is 13.7 Å². The van der Waals surface area contributed by atoms with Crippen LogP contribution < -0.4 is 4.90 Å². The van der Waals surface area contributed by atoms with Gasteiger partial charge in [0, 0.05) is 24.7 Å². The smallest absolute Gasteiger partial charge is 0.318 e. The number of carbonyl (C=O) groups is 1. The molecule has 1 atom stereocenters. The van der Waals surface area contributed by atoms with Gasteiger partial charge in [-0.15, -0.1) is 5.10 Å². The highest BCUT2D eigenvalue weighted by Crippen LogP contribution is 2.38. The Kier molecular flexibility index (Phi) is 3.52. The van der Waals surface area contributed by atoms with Crippen LogP contribution in [0.5, 0.6) is 0 Å². The summed E-state index contributed by atoms with van der Waals surface area (Å²) < 4.78 is 7.44. The molecule has 0 aliphatic carbocycles. The maximum atomic E-state index is 12.8. The van der Waals surface area contributed by atoms with Gasteiger partial charge >= 0.3 is 5.82 Å². The van der Waals surface area contributed by atoms with Crippen molar-refractivity contribution in [3.63, 3.8) is 0 Å². The van der Waals surface area contributed by atoms with Gasteiger partial charge in [-0.3, -0.25) is 9.69 Å². The van der Waals surface area contributed by atoms with Crippen LogP contribution in [0.15, 0.2) is 35.2 Å². The molecule has 1 unspecified atom stereocenters. The van der Waals surface area contributed by atoms with Crippen LogP contribution in [0.4, 0.5) is 5.69 Å². The molecule has 3 aliphatic heterocycles. The molecule has 2 aromatic rings. The van der Waals surface area contributed by atoms with Crippen molar-refractivity contribution >= 4 is 35.4 Å². The van der Waals surface area contributed by atoms with Gasteiger partial charge in [0.25, 0.3) is 12.2 Å². The van der Waals surface area contributed by atoms with Crippen LogP contribution in [-0.2, 0) is 10.3 Å². The number of fused-ring (bicyclic) bond motifs is 3. The van der Waals surface area contributed by atoms with Crippen LogP contribution in [0.25, 0.3) is 5.82 Å². The Morgan fingerprint density at radius 1 is 1.37 bits per heavy atom. The largest absolute Gasteiger partial charge is 0.369 e. The maximum Gasteiger partial charge on any atom is 0.318 e. The summed E-state index contributed by atoms with van der Waals surface area (Å²) in [4.78, 5) is 20.7. The average Bonchev–Trinajstić information content (AvgIpc) is 3.38. The fourth-order valence-corrected chi connectivity index (χ4v) is 3.91. The zero-order chi connectivity index (χ0) is 18.8. The molecular formula is C18H17ClN6O2+. The van der Waals surface area contributed by atoms with Crippen LogP contribution >= 0.6 is 11.6 Å². The average molecular weight is 385 g/mol. The summed E-state index contributed by atoms with van der Waals surface area (Å²) in [6, 6.07) is 5.25. The molecule has 4 heterocycles. The van der Waals surface area contributed by atoms with Gasteiger partial charge in [0.05, 0.1) is 6.20 Å². The monoisotopic (exact) mass is 384 g/mol. The number of carbonyl (C=O) groups excluding carboxylic acids is 1. The Labute approximate surface area is 160 Å². The van der Waals surface area contributed by atoms with Gasteiger partial charge in [-0.05, 0) is 36.8 Å². The zero-order valence-electron chi connectivity index (χ0n) is 14.9. The number of hydrogen-bond donors (Lipinski definition) is 0. The predicted octanol–water partition coefficient (Wildman–Crippen LogP) is 2.64. The number of amides is 1. The lowest BCUT2D eigenvalue weighted by Gasteiger charge is -2.24. The number of rotatable bonds is 2. The van der Waals surface area contributed by atoms with Crippen LogP contribution in [0.1, 0.15) is 35.8 Å². The van der Waals surface area contributed by atoms with E-state index in [1.165, 1.54) is 0 Å². The number of aliphatic imine (C=N–C) groups is 1. The second-order valence-corrected chi connectivity index (χ2v) is 7.46. The molecule has 1 radical (unpaired) electrons. The van der Waals surface area contributed by atoms with E-state index >= 15 is 0 Å². The molecule has 0 N–H and O–H groups in total. The summed E-state index contributed by atoms with van der Waals surface area (Å²) in [6.45, 7) is 2.74. The van der Waals surface area contributed by atoms with Crippen molar-refractivity contribution < 1.29 is 9.53 Å². The van der Waals surface area contributed by atoms with Crippen molar-refractivity contribution in [3.05, 3.63) is 46.5 Å². The number of benzene rings is 1. The van der Waals surface area contributed by atoms with Crippen molar-refractivity contribution in [2.45, 2.75) is 25.4 Å². The molecular weight excluding hydrogens is 368 g/mol. The first-order valence-corrected chi connectivity index (χ1v) is 9.08. The van der Waals surface area contributed by atoms with E-state index in [9.17, 15) is 4.79 Å². The van der Waals surface area contributed by atoms with Gasteiger partial charge in [0.2, 0.25) is 11.5 Å². The third kappa shape index (κ3) is 2.37. The summed E-state index contributed by atoms with van der Waals surface area (Å²) in [5, 5.41) is 9.05. The van der Waals surface area contributed by atoms with E-state index in [1.54, 1.807) is 35.1 Å². The summed E-state index contributed by atoms with van der Waals surface area (Å²) >= 11 is 6.07. The van der Waals surface area contributed by atoms with Gasteiger partial charge in [-0.2, -0.15) is 9.67 Å². The molecule has 1 amide bonds. The number of ether oxygens (including phenoxy) is 1. The summed E-state index contributed by atoms with van der Waals surface area (Å²) in [5.74, 6) is 1.02. The van der Waals surface area contributed by atoms with Crippen molar-refractivity contribution in [1.29, 1.82) is 0 Å². The lowest BCUT2D eigenvalue weighted by atomic mass is 10.00. The van der Waals surface area contributed by atoms with Gasteiger partial charge in [-0.25, -0.2) is 0 Å². The highest BCUT2D eigenvalue weighted by atomic mass is 35.5. The van der Waals surface area contributed by atoms with E-state index in [0.29, 0.717) is 22.2 Å². The second kappa shape index (κ2) is 5.72. The van der Waals surface area contributed by atoms with E-state index in [2.05, 4.69) is 15.3 Å². The molecule has 0 spiro atoms. The molecule has 5 rings (SSSR count). The van der Waals surface area contributed by atoms with E-state index in [0.717, 1.165) is 30.8 Å². The van der Waals surface area contributed by atoms with Crippen molar-refractivity contribution in [1.82, 2.24) is 24.8 Å². The minimum Gasteiger partial charge on any atom is -0.369 e. The minimum absolute atomic E-state index is 0.145. The first-order chi connectivity index (χ1) is 13.0. The number of anilines is 1. The van der Waals surface area contributed by atoms with Crippen molar-refractivity contribution in [3.8, 4) is 0 Å². The van der Waals surface area contributed by atoms with Crippen LogP contribution in [0.3, 0.4) is 0 Å². The van der Waals surface area contributed by atoms with Gasteiger partial charge in [0.1, 0.15) is 16.9 Å². The van der Waals surface area contributed by atoms with Gasteiger partial charge in [-0.1, -0.05) is 16.8 Å². The summed E-state index contributed by atoms with van der Waals surface area (Å²) in [7, 11) is 1.71. The molecule has 1 aromatic heterocycles. The molecule has 1 aromatic carbocycles. The normalized spacial score (nSPS) is 24.7. The lowest BCUT2D eigenvalue weighted by molar-refractivity contribution is 0.0131. The molecule has 9 heteroatoms. The molecule has 137 valence electrons. The Balaban J connectivity index is 1.60. The Bertz CT molecular complexity index is 1020. The molecule has 3 aliphatic rings. The fourth-order valence-electron chi connectivity index (χ4n) is 3.74. The van der Waals surface area contributed by atoms with Gasteiger partial charge in [0.15, 0.2) is 0 Å². The van der Waals surface area contributed by atoms with E-state index in [4.69, 9.17) is 16.3 Å². The summed E-state index contributed by atoms with van der Waals surface area (Å²) in [6.07, 6.45) is 5.40. The topological polar surface area (TPSA) is 78.5 Å². The fraction of sp³-hybridized carbons (Fsp3) is 0.333. The Morgan fingerprint density at radius 3 is 3.00 bits per heavy atom. The maximum absolute atomic E-state index is 12.8. The van der Waals surface area contributed by atoms with Crippen LogP contribution in [0, 0.1) is 0 Å². The summed E-state index contributed by atoms with van der Waals surface area (Å²) in [5.41, 5.74) is 1.61.